The number of furan rings is 1. The van der Waals surface area contributed by atoms with Gasteiger partial charge in [0.15, 0.2) is 0 Å². The number of benzene rings is 1. The summed E-state index contributed by atoms with van der Waals surface area (Å²) in [4.78, 5) is 2.34. The van der Waals surface area contributed by atoms with Crippen molar-refractivity contribution in [3.8, 4) is 17.1 Å². The number of rotatable bonds is 6. The van der Waals surface area contributed by atoms with Crippen LogP contribution in [-0.2, 0) is 19.6 Å². The zero-order valence-electron chi connectivity index (χ0n) is 15.8. The first-order valence-corrected chi connectivity index (χ1v) is 9.41. The van der Waals surface area contributed by atoms with Crippen molar-refractivity contribution in [3.63, 3.8) is 0 Å². The highest BCUT2D eigenvalue weighted by Crippen LogP contribution is 2.26. The van der Waals surface area contributed by atoms with Crippen molar-refractivity contribution < 1.29 is 14.3 Å². The lowest BCUT2D eigenvalue weighted by atomic mass is 10.2. The molecule has 4 rings (SSSR count). The van der Waals surface area contributed by atoms with Crippen molar-refractivity contribution in [2.75, 3.05) is 13.2 Å². The SMILES string of the molecule is CCOc1ccc(-c2ccc(CN3CCn4nc([C@H](C)O)cc4C3)o2)cc1. The van der Waals surface area contributed by atoms with Gasteiger partial charge in [-0.25, -0.2) is 0 Å². The van der Waals surface area contributed by atoms with E-state index in [1.165, 1.54) is 0 Å². The number of aliphatic hydroxyl groups excluding tert-OH is 1. The number of hydrogen-bond acceptors (Lipinski definition) is 5. The fourth-order valence-electron chi connectivity index (χ4n) is 3.40. The number of hydrogen-bond donors (Lipinski definition) is 1. The van der Waals surface area contributed by atoms with Crippen molar-refractivity contribution in [2.24, 2.45) is 0 Å². The number of fused-ring (bicyclic) bond motifs is 1. The minimum atomic E-state index is -0.529. The molecule has 1 aliphatic heterocycles. The molecular weight excluding hydrogens is 342 g/mol. The van der Waals surface area contributed by atoms with Crippen LogP contribution in [0.5, 0.6) is 5.75 Å². The summed E-state index contributed by atoms with van der Waals surface area (Å²) in [5.74, 6) is 2.68. The monoisotopic (exact) mass is 367 g/mol. The number of ether oxygens (including phenoxy) is 1. The lowest BCUT2D eigenvalue weighted by Gasteiger charge is -2.26. The summed E-state index contributed by atoms with van der Waals surface area (Å²) in [6, 6.07) is 14.0. The summed E-state index contributed by atoms with van der Waals surface area (Å²) in [5.41, 5.74) is 2.92. The molecule has 0 bridgehead atoms. The van der Waals surface area contributed by atoms with Crippen LogP contribution >= 0.6 is 0 Å². The van der Waals surface area contributed by atoms with Crippen LogP contribution in [0.4, 0.5) is 0 Å². The number of aromatic nitrogens is 2. The second-order valence-electron chi connectivity index (χ2n) is 6.89. The maximum absolute atomic E-state index is 9.72. The third-order valence-corrected chi connectivity index (χ3v) is 4.81. The fraction of sp³-hybridized carbons (Fsp3) is 0.381. The normalized spacial score (nSPS) is 15.5. The number of aliphatic hydroxyl groups is 1. The van der Waals surface area contributed by atoms with E-state index >= 15 is 0 Å². The standard InChI is InChI=1S/C21H25N3O3/c1-3-26-18-6-4-16(5-7-18)21-9-8-19(27-21)14-23-10-11-24-17(13-23)12-20(22-24)15(2)25/h4-9,12,15,25H,3,10-11,13-14H2,1-2H3/t15-/m0/s1. The van der Waals surface area contributed by atoms with Gasteiger partial charge in [-0.05, 0) is 56.3 Å². The molecule has 0 amide bonds. The highest BCUT2D eigenvalue weighted by Gasteiger charge is 2.20. The average Bonchev–Trinajstić information content (AvgIpc) is 3.29. The Kier molecular flexibility index (Phi) is 5.01. The van der Waals surface area contributed by atoms with Gasteiger partial charge in [0, 0.05) is 18.7 Å². The van der Waals surface area contributed by atoms with Crippen LogP contribution < -0.4 is 4.74 Å². The molecule has 1 aliphatic rings. The minimum Gasteiger partial charge on any atom is -0.494 e. The molecule has 142 valence electrons. The van der Waals surface area contributed by atoms with E-state index in [-0.39, 0.29) is 0 Å². The lowest BCUT2D eigenvalue weighted by Crippen LogP contribution is -2.33. The smallest absolute Gasteiger partial charge is 0.134 e. The van der Waals surface area contributed by atoms with Crippen LogP contribution in [0.25, 0.3) is 11.3 Å². The molecule has 6 nitrogen and oxygen atoms in total. The second-order valence-corrected chi connectivity index (χ2v) is 6.89. The van der Waals surface area contributed by atoms with Gasteiger partial charge in [-0.3, -0.25) is 9.58 Å². The van der Waals surface area contributed by atoms with E-state index in [1.54, 1.807) is 6.92 Å². The van der Waals surface area contributed by atoms with Crippen molar-refractivity contribution in [1.29, 1.82) is 0 Å². The van der Waals surface area contributed by atoms with E-state index in [0.717, 1.165) is 60.4 Å². The molecule has 0 saturated carbocycles. The maximum atomic E-state index is 9.72. The molecule has 0 saturated heterocycles. The van der Waals surface area contributed by atoms with E-state index in [0.29, 0.717) is 6.61 Å². The maximum Gasteiger partial charge on any atom is 0.134 e. The van der Waals surface area contributed by atoms with Gasteiger partial charge in [0.25, 0.3) is 0 Å². The molecule has 6 heteroatoms. The first-order valence-electron chi connectivity index (χ1n) is 9.41. The van der Waals surface area contributed by atoms with Crippen LogP contribution in [0, 0.1) is 0 Å². The minimum absolute atomic E-state index is 0.529. The van der Waals surface area contributed by atoms with Crippen LogP contribution in [0.1, 0.15) is 37.1 Å². The lowest BCUT2D eigenvalue weighted by molar-refractivity contribution is 0.185. The van der Waals surface area contributed by atoms with Gasteiger partial charge in [-0.15, -0.1) is 0 Å². The Balaban J connectivity index is 1.42. The summed E-state index contributed by atoms with van der Waals surface area (Å²) in [7, 11) is 0. The highest BCUT2D eigenvalue weighted by atomic mass is 16.5. The van der Waals surface area contributed by atoms with Crippen LogP contribution in [0.15, 0.2) is 46.9 Å². The number of nitrogens with zero attached hydrogens (tertiary/aromatic N) is 3. The van der Waals surface area contributed by atoms with Crippen molar-refractivity contribution in [3.05, 3.63) is 59.6 Å². The largest absolute Gasteiger partial charge is 0.494 e. The van der Waals surface area contributed by atoms with Gasteiger partial charge >= 0.3 is 0 Å². The Hall–Kier alpha value is -2.57. The summed E-state index contributed by atoms with van der Waals surface area (Å²) in [5, 5.41) is 14.2. The predicted octanol–water partition coefficient (Wildman–Crippen LogP) is 3.61. The highest BCUT2D eigenvalue weighted by molar-refractivity contribution is 5.58. The molecule has 1 N–H and O–H groups in total. The van der Waals surface area contributed by atoms with Crippen molar-refractivity contribution >= 4 is 0 Å². The van der Waals surface area contributed by atoms with Crippen LogP contribution in [-0.4, -0.2) is 32.9 Å². The summed E-state index contributed by atoms with van der Waals surface area (Å²) >= 11 is 0. The zero-order chi connectivity index (χ0) is 18.8. The average molecular weight is 367 g/mol. The Labute approximate surface area is 159 Å². The van der Waals surface area contributed by atoms with Gasteiger partial charge in [-0.2, -0.15) is 5.10 Å². The van der Waals surface area contributed by atoms with Gasteiger partial charge in [-0.1, -0.05) is 0 Å². The molecular formula is C21H25N3O3. The summed E-state index contributed by atoms with van der Waals surface area (Å²) < 4.78 is 13.5. The molecule has 2 aromatic heterocycles. The predicted molar refractivity (Wildman–Crippen MR) is 102 cm³/mol. The van der Waals surface area contributed by atoms with Crippen LogP contribution in [0.3, 0.4) is 0 Å². The van der Waals surface area contributed by atoms with E-state index in [2.05, 4.69) is 10.00 Å². The Morgan fingerprint density at radius 3 is 2.74 bits per heavy atom. The fourth-order valence-corrected chi connectivity index (χ4v) is 3.40. The van der Waals surface area contributed by atoms with Gasteiger partial charge in [0.2, 0.25) is 0 Å². The molecule has 0 radical (unpaired) electrons. The molecule has 1 atom stereocenters. The Bertz CT molecular complexity index is 896. The molecule has 3 heterocycles. The third kappa shape index (κ3) is 3.91. The molecule has 0 aliphatic carbocycles. The van der Waals surface area contributed by atoms with Crippen molar-refractivity contribution in [1.82, 2.24) is 14.7 Å². The summed E-state index contributed by atoms with van der Waals surface area (Å²) in [6.07, 6.45) is -0.529. The van der Waals surface area contributed by atoms with E-state index in [1.807, 2.05) is 54.1 Å². The van der Waals surface area contributed by atoms with Crippen molar-refractivity contribution in [2.45, 2.75) is 39.6 Å². The molecule has 0 fully saturated rings. The Morgan fingerprint density at radius 2 is 2.00 bits per heavy atom. The van der Waals surface area contributed by atoms with E-state index in [4.69, 9.17) is 9.15 Å². The third-order valence-electron chi connectivity index (χ3n) is 4.81. The first-order chi connectivity index (χ1) is 13.1. The molecule has 3 aromatic rings. The summed E-state index contributed by atoms with van der Waals surface area (Å²) in [6.45, 7) is 7.69. The van der Waals surface area contributed by atoms with Gasteiger partial charge < -0.3 is 14.3 Å². The molecule has 1 aromatic carbocycles. The topological polar surface area (TPSA) is 63.7 Å². The molecule has 27 heavy (non-hydrogen) atoms. The molecule has 0 spiro atoms. The van der Waals surface area contributed by atoms with Gasteiger partial charge in [0.05, 0.1) is 37.2 Å². The second kappa shape index (κ2) is 7.58. The quantitative estimate of drug-likeness (QED) is 0.721. The first kappa shape index (κ1) is 17.8. The van der Waals surface area contributed by atoms with E-state index < -0.39 is 6.10 Å². The van der Waals surface area contributed by atoms with Crippen LogP contribution in [0.2, 0.25) is 0 Å². The zero-order valence-corrected chi connectivity index (χ0v) is 15.8. The van der Waals surface area contributed by atoms with Gasteiger partial charge in [0.1, 0.15) is 17.3 Å². The molecule has 0 unspecified atom stereocenters. The van der Waals surface area contributed by atoms with E-state index in [9.17, 15) is 5.11 Å². The Morgan fingerprint density at radius 1 is 1.19 bits per heavy atom.